The summed E-state index contributed by atoms with van der Waals surface area (Å²) in [4.78, 5) is 11.4. The van der Waals surface area contributed by atoms with E-state index < -0.39 is 0 Å². The van der Waals surface area contributed by atoms with Crippen molar-refractivity contribution in [1.82, 2.24) is 15.1 Å². The van der Waals surface area contributed by atoms with E-state index in [9.17, 15) is 4.79 Å². The largest absolute Gasteiger partial charge is 0.373 e. The molecule has 1 aromatic rings. The number of hydrogen-bond donors (Lipinski definition) is 2. The summed E-state index contributed by atoms with van der Waals surface area (Å²) in [5.41, 5.74) is 1.82. The highest BCUT2D eigenvalue weighted by molar-refractivity contribution is 5.80. The van der Waals surface area contributed by atoms with Gasteiger partial charge in [-0.2, -0.15) is 10.4 Å². The van der Waals surface area contributed by atoms with E-state index in [-0.39, 0.29) is 12.5 Å². The fourth-order valence-electron chi connectivity index (χ4n) is 1.44. The van der Waals surface area contributed by atoms with Crippen LogP contribution >= 0.6 is 0 Å². The minimum absolute atomic E-state index is 0.119. The highest BCUT2D eigenvalue weighted by Gasteiger charge is 2.06. The van der Waals surface area contributed by atoms with E-state index in [0.717, 1.165) is 17.8 Å². The average molecular weight is 235 g/mol. The second-order valence-corrected chi connectivity index (χ2v) is 3.63. The Hall–Kier alpha value is -2.03. The zero-order valence-electron chi connectivity index (χ0n) is 10.2. The third-order valence-corrected chi connectivity index (χ3v) is 2.24. The molecular formula is C11H17N5O. The first-order valence-electron chi connectivity index (χ1n) is 5.57. The van der Waals surface area contributed by atoms with Crippen molar-refractivity contribution >= 4 is 11.6 Å². The normalized spacial score (nSPS) is 9.71. The van der Waals surface area contributed by atoms with E-state index in [2.05, 4.69) is 15.7 Å². The van der Waals surface area contributed by atoms with Crippen LogP contribution in [0.2, 0.25) is 0 Å². The van der Waals surface area contributed by atoms with E-state index in [1.54, 1.807) is 4.68 Å². The molecule has 0 spiro atoms. The first-order chi connectivity index (χ1) is 8.17. The number of carbonyl (C=O) groups is 1. The number of carbonyl (C=O) groups excluding carboxylic acids is 1. The molecule has 2 N–H and O–H groups in total. The quantitative estimate of drug-likeness (QED) is 0.700. The summed E-state index contributed by atoms with van der Waals surface area (Å²) in [6, 6.07) is 1.97. The summed E-state index contributed by atoms with van der Waals surface area (Å²) < 4.78 is 1.72. The topological polar surface area (TPSA) is 82.7 Å². The standard InChI is InChI=1S/C11H17N5O/c1-3-9-10(8-16(2)15-9)14-7-11(17)13-6-4-5-12/h8,14H,3-4,6-7H2,1-2H3,(H,13,17). The lowest BCUT2D eigenvalue weighted by Crippen LogP contribution is -2.30. The minimum Gasteiger partial charge on any atom is -0.373 e. The van der Waals surface area contributed by atoms with Gasteiger partial charge in [-0.1, -0.05) is 6.92 Å². The molecule has 0 radical (unpaired) electrons. The number of rotatable bonds is 6. The molecule has 0 aromatic carbocycles. The number of hydrogen-bond acceptors (Lipinski definition) is 4. The van der Waals surface area contributed by atoms with E-state index in [1.165, 1.54) is 0 Å². The number of aryl methyl sites for hydroxylation is 2. The van der Waals surface area contributed by atoms with Crippen LogP contribution in [0.15, 0.2) is 6.20 Å². The Kier molecular flexibility index (Phi) is 5.01. The second-order valence-electron chi connectivity index (χ2n) is 3.63. The van der Waals surface area contributed by atoms with Gasteiger partial charge in [-0.25, -0.2) is 0 Å². The summed E-state index contributed by atoms with van der Waals surface area (Å²) in [6.45, 7) is 2.61. The fraction of sp³-hybridized carbons (Fsp3) is 0.545. The molecule has 1 aromatic heterocycles. The van der Waals surface area contributed by atoms with Gasteiger partial charge >= 0.3 is 0 Å². The SMILES string of the molecule is CCc1nn(C)cc1NCC(=O)NCCC#N. The smallest absolute Gasteiger partial charge is 0.239 e. The Balaban J connectivity index is 2.39. The van der Waals surface area contributed by atoms with Crippen LogP contribution in [0.25, 0.3) is 0 Å². The zero-order chi connectivity index (χ0) is 12.7. The van der Waals surface area contributed by atoms with Crippen molar-refractivity contribution in [3.63, 3.8) is 0 Å². The Bertz CT molecular complexity index is 418. The van der Waals surface area contributed by atoms with Crippen LogP contribution in [0.5, 0.6) is 0 Å². The van der Waals surface area contributed by atoms with Crippen LogP contribution in [0.4, 0.5) is 5.69 Å². The van der Waals surface area contributed by atoms with E-state index in [0.29, 0.717) is 13.0 Å². The zero-order valence-corrected chi connectivity index (χ0v) is 10.2. The molecule has 1 amide bonds. The van der Waals surface area contributed by atoms with Gasteiger partial charge in [0, 0.05) is 19.8 Å². The maximum absolute atomic E-state index is 11.4. The van der Waals surface area contributed by atoms with Crippen LogP contribution in [-0.2, 0) is 18.3 Å². The number of nitrogens with zero attached hydrogens (tertiary/aromatic N) is 3. The molecular weight excluding hydrogens is 218 g/mol. The summed E-state index contributed by atoms with van der Waals surface area (Å²) >= 11 is 0. The van der Waals surface area contributed by atoms with Crippen LogP contribution in [0.3, 0.4) is 0 Å². The maximum Gasteiger partial charge on any atom is 0.239 e. The summed E-state index contributed by atoms with van der Waals surface area (Å²) in [6.07, 6.45) is 3.00. The highest BCUT2D eigenvalue weighted by Crippen LogP contribution is 2.12. The van der Waals surface area contributed by atoms with Crippen molar-refractivity contribution in [3.05, 3.63) is 11.9 Å². The molecule has 0 saturated heterocycles. The number of amides is 1. The Morgan fingerprint density at radius 1 is 1.65 bits per heavy atom. The molecule has 6 heteroatoms. The van der Waals surface area contributed by atoms with Crippen LogP contribution < -0.4 is 10.6 Å². The van der Waals surface area contributed by atoms with E-state index >= 15 is 0 Å². The van der Waals surface area contributed by atoms with Gasteiger partial charge in [0.25, 0.3) is 0 Å². The third-order valence-electron chi connectivity index (χ3n) is 2.24. The van der Waals surface area contributed by atoms with Gasteiger partial charge in [-0.3, -0.25) is 9.48 Å². The van der Waals surface area contributed by atoms with E-state index in [1.807, 2.05) is 26.2 Å². The van der Waals surface area contributed by atoms with Crippen molar-refractivity contribution in [2.24, 2.45) is 7.05 Å². The van der Waals surface area contributed by atoms with Crippen molar-refractivity contribution in [2.75, 3.05) is 18.4 Å². The molecule has 17 heavy (non-hydrogen) atoms. The van der Waals surface area contributed by atoms with Crippen molar-refractivity contribution in [2.45, 2.75) is 19.8 Å². The van der Waals surface area contributed by atoms with Gasteiger partial charge < -0.3 is 10.6 Å². The number of nitriles is 1. The predicted molar refractivity (Wildman–Crippen MR) is 64.3 cm³/mol. The first kappa shape index (κ1) is 13.0. The number of anilines is 1. The molecule has 0 unspecified atom stereocenters. The summed E-state index contributed by atoms with van der Waals surface area (Å²) in [5, 5.41) is 18.3. The van der Waals surface area contributed by atoms with Crippen LogP contribution in [0.1, 0.15) is 19.0 Å². The summed E-state index contributed by atoms with van der Waals surface area (Å²) in [5.74, 6) is -0.119. The predicted octanol–water partition coefficient (Wildman–Crippen LogP) is 0.424. The molecule has 0 aliphatic carbocycles. The minimum atomic E-state index is -0.119. The number of nitrogens with one attached hydrogen (secondary N) is 2. The van der Waals surface area contributed by atoms with Gasteiger partial charge in [0.2, 0.25) is 5.91 Å². The fourth-order valence-corrected chi connectivity index (χ4v) is 1.44. The number of aromatic nitrogens is 2. The lowest BCUT2D eigenvalue weighted by atomic mass is 10.3. The monoisotopic (exact) mass is 235 g/mol. The van der Waals surface area contributed by atoms with Crippen molar-refractivity contribution in [1.29, 1.82) is 5.26 Å². The molecule has 1 heterocycles. The first-order valence-corrected chi connectivity index (χ1v) is 5.57. The van der Waals surface area contributed by atoms with Crippen LogP contribution in [0, 0.1) is 11.3 Å². The van der Waals surface area contributed by atoms with Gasteiger partial charge in [0.05, 0.1) is 30.4 Å². The van der Waals surface area contributed by atoms with Crippen molar-refractivity contribution < 1.29 is 4.79 Å². The molecule has 6 nitrogen and oxygen atoms in total. The van der Waals surface area contributed by atoms with Gasteiger partial charge in [0.15, 0.2) is 0 Å². The van der Waals surface area contributed by atoms with Gasteiger partial charge in [0.1, 0.15) is 0 Å². The highest BCUT2D eigenvalue weighted by atomic mass is 16.1. The molecule has 92 valence electrons. The molecule has 0 aliphatic heterocycles. The summed E-state index contributed by atoms with van der Waals surface area (Å²) in [7, 11) is 1.84. The van der Waals surface area contributed by atoms with Crippen LogP contribution in [-0.4, -0.2) is 28.8 Å². The third kappa shape index (κ3) is 4.15. The Morgan fingerprint density at radius 2 is 2.41 bits per heavy atom. The van der Waals surface area contributed by atoms with Gasteiger partial charge in [-0.05, 0) is 6.42 Å². The van der Waals surface area contributed by atoms with Gasteiger partial charge in [-0.15, -0.1) is 0 Å². The lowest BCUT2D eigenvalue weighted by Gasteiger charge is -2.05. The Labute approximate surface area is 101 Å². The Morgan fingerprint density at radius 3 is 3.06 bits per heavy atom. The van der Waals surface area contributed by atoms with Crippen molar-refractivity contribution in [3.8, 4) is 6.07 Å². The maximum atomic E-state index is 11.4. The molecule has 0 fully saturated rings. The van der Waals surface area contributed by atoms with E-state index in [4.69, 9.17) is 5.26 Å². The average Bonchev–Trinajstić information content (AvgIpc) is 2.67. The second kappa shape index (κ2) is 6.53. The molecule has 0 aliphatic rings. The lowest BCUT2D eigenvalue weighted by molar-refractivity contribution is -0.119. The molecule has 0 saturated carbocycles. The molecule has 0 atom stereocenters. The molecule has 1 rings (SSSR count). The molecule has 0 bridgehead atoms.